The highest BCUT2D eigenvalue weighted by Gasteiger charge is 2.30. The summed E-state index contributed by atoms with van der Waals surface area (Å²) in [4.78, 5) is 22.5. The van der Waals surface area contributed by atoms with Gasteiger partial charge in [0.15, 0.2) is 0 Å². The Labute approximate surface area is 122 Å². The molecular formula is C15H18FNO4. The van der Waals surface area contributed by atoms with Gasteiger partial charge in [-0.15, -0.1) is 0 Å². The maximum absolute atomic E-state index is 12.9. The summed E-state index contributed by atoms with van der Waals surface area (Å²) in [5, 5.41) is 11.7. The van der Waals surface area contributed by atoms with Gasteiger partial charge in [-0.25, -0.2) is 4.39 Å². The molecule has 0 spiro atoms. The molecule has 0 aromatic heterocycles. The van der Waals surface area contributed by atoms with Crippen LogP contribution in [-0.4, -0.2) is 29.6 Å². The van der Waals surface area contributed by atoms with E-state index < -0.39 is 5.97 Å². The first-order valence-electron chi connectivity index (χ1n) is 6.95. The van der Waals surface area contributed by atoms with Crippen LogP contribution in [-0.2, 0) is 9.59 Å². The van der Waals surface area contributed by atoms with Crippen molar-refractivity contribution in [1.82, 2.24) is 5.32 Å². The molecule has 1 aliphatic rings. The van der Waals surface area contributed by atoms with E-state index in [0.717, 1.165) is 0 Å². The highest BCUT2D eigenvalue weighted by atomic mass is 19.1. The molecule has 2 unspecified atom stereocenters. The van der Waals surface area contributed by atoms with Crippen molar-refractivity contribution in [3.63, 3.8) is 0 Å². The van der Waals surface area contributed by atoms with Crippen molar-refractivity contribution in [3.8, 4) is 5.75 Å². The quantitative estimate of drug-likeness (QED) is 0.841. The number of aliphatic carboxylic acids is 1. The van der Waals surface area contributed by atoms with E-state index in [1.165, 1.54) is 18.2 Å². The number of rotatable bonds is 6. The molecule has 5 nitrogen and oxygen atoms in total. The van der Waals surface area contributed by atoms with Crippen LogP contribution in [0.15, 0.2) is 24.3 Å². The predicted octanol–water partition coefficient (Wildman–Crippen LogP) is 1.96. The van der Waals surface area contributed by atoms with Crippen molar-refractivity contribution in [2.75, 3.05) is 6.61 Å². The molecule has 114 valence electrons. The predicted molar refractivity (Wildman–Crippen MR) is 73.4 cm³/mol. The van der Waals surface area contributed by atoms with Gasteiger partial charge in [0.25, 0.3) is 0 Å². The summed E-state index contributed by atoms with van der Waals surface area (Å²) in [7, 11) is 0. The number of amides is 1. The summed E-state index contributed by atoms with van der Waals surface area (Å²) >= 11 is 0. The number of halogens is 1. The van der Waals surface area contributed by atoms with Crippen molar-refractivity contribution >= 4 is 11.9 Å². The van der Waals surface area contributed by atoms with E-state index in [-0.39, 0.29) is 36.7 Å². The topological polar surface area (TPSA) is 75.6 Å². The smallest absolute Gasteiger partial charge is 0.306 e. The van der Waals surface area contributed by atoms with Gasteiger partial charge in [0.2, 0.25) is 5.91 Å². The van der Waals surface area contributed by atoms with Crippen LogP contribution in [0.3, 0.4) is 0 Å². The van der Waals surface area contributed by atoms with E-state index in [0.29, 0.717) is 25.0 Å². The van der Waals surface area contributed by atoms with Crippen molar-refractivity contribution in [2.24, 2.45) is 5.92 Å². The van der Waals surface area contributed by atoms with Crippen molar-refractivity contribution in [2.45, 2.75) is 31.7 Å². The molecule has 0 bridgehead atoms. The van der Waals surface area contributed by atoms with Gasteiger partial charge < -0.3 is 15.2 Å². The average Bonchev–Trinajstić information content (AvgIpc) is 2.87. The van der Waals surface area contributed by atoms with E-state index in [1.807, 2.05) is 0 Å². The molecule has 2 atom stereocenters. The van der Waals surface area contributed by atoms with Gasteiger partial charge >= 0.3 is 5.97 Å². The second kappa shape index (κ2) is 7.06. The molecule has 1 aliphatic carbocycles. The lowest BCUT2D eigenvalue weighted by atomic mass is 10.1. The van der Waals surface area contributed by atoms with Gasteiger partial charge in [-0.2, -0.15) is 0 Å². The Hall–Kier alpha value is -2.11. The van der Waals surface area contributed by atoms with Crippen LogP contribution in [0.2, 0.25) is 0 Å². The second-order valence-electron chi connectivity index (χ2n) is 5.17. The molecule has 1 fully saturated rings. The number of carbonyl (C=O) groups excluding carboxylic acids is 1. The minimum absolute atomic E-state index is 0.0761. The fraction of sp³-hybridized carbons (Fsp3) is 0.467. The Bertz CT molecular complexity index is 520. The van der Waals surface area contributed by atoms with Gasteiger partial charge in [0.05, 0.1) is 18.9 Å². The number of nitrogens with one attached hydrogen (secondary N) is 1. The lowest BCUT2D eigenvalue weighted by molar-refractivity contribution is -0.141. The Balaban J connectivity index is 1.67. The molecule has 6 heteroatoms. The number of carboxylic acids is 1. The maximum atomic E-state index is 12.9. The van der Waals surface area contributed by atoms with Crippen molar-refractivity contribution in [3.05, 3.63) is 30.1 Å². The third kappa shape index (κ3) is 4.73. The molecule has 2 N–H and O–H groups in total. The molecule has 1 aromatic rings. The van der Waals surface area contributed by atoms with Crippen LogP contribution < -0.4 is 10.1 Å². The number of hydrogen-bond acceptors (Lipinski definition) is 3. The molecule has 1 saturated carbocycles. The first-order valence-corrected chi connectivity index (χ1v) is 6.95. The summed E-state index contributed by atoms with van der Waals surface area (Å²) < 4.78 is 18.2. The van der Waals surface area contributed by atoms with Crippen LogP contribution in [0.4, 0.5) is 4.39 Å². The standard InChI is InChI=1S/C15H18FNO4/c16-11-2-1-3-13(9-11)21-7-6-14(18)17-12-5-4-10(8-12)15(19)20/h1-3,9-10,12H,4-8H2,(H,17,18)(H,19,20). The third-order valence-electron chi connectivity index (χ3n) is 3.54. The highest BCUT2D eigenvalue weighted by molar-refractivity contribution is 5.77. The van der Waals surface area contributed by atoms with Gasteiger partial charge in [0.1, 0.15) is 11.6 Å². The largest absolute Gasteiger partial charge is 0.493 e. The summed E-state index contributed by atoms with van der Waals surface area (Å²) in [6.45, 7) is 0.157. The molecule has 0 aliphatic heterocycles. The third-order valence-corrected chi connectivity index (χ3v) is 3.54. The molecule has 0 saturated heterocycles. The molecule has 0 radical (unpaired) electrons. The fourth-order valence-corrected chi connectivity index (χ4v) is 2.46. The zero-order valence-corrected chi connectivity index (χ0v) is 11.5. The normalized spacial score (nSPS) is 21.0. The number of ether oxygens (including phenoxy) is 1. The van der Waals surface area contributed by atoms with Crippen LogP contribution in [0.5, 0.6) is 5.75 Å². The van der Waals surface area contributed by atoms with Gasteiger partial charge in [-0.1, -0.05) is 6.07 Å². The Kier molecular flexibility index (Phi) is 5.14. The minimum atomic E-state index is -0.804. The van der Waals surface area contributed by atoms with Gasteiger partial charge in [-0.05, 0) is 31.4 Å². The van der Waals surface area contributed by atoms with Gasteiger partial charge in [0, 0.05) is 12.1 Å². The first kappa shape index (κ1) is 15.3. The second-order valence-corrected chi connectivity index (χ2v) is 5.17. The van der Waals surface area contributed by atoms with Crippen LogP contribution in [0, 0.1) is 11.7 Å². The number of carboxylic acid groups (broad SMARTS) is 1. The Morgan fingerprint density at radius 3 is 2.86 bits per heavy atom. The molecule has 1 amide bonds. The van der Waals surface area contributed by atoms with E-state index in [2.05, 4.69) is 5.32 Å². The lowest BCUT2D eigenvalue weighted by Crippen LogP contribution is -2.34. The molecule has 21 heavy (non-hydrogen) atoms. The molecular weight excluding hydrogens is 277 g/mol. The Morgan fingerprint density at radius 1 is 1.38 bits per heavy atom. The van der Waals surface area contributed by atoms with Crippen LogP contribution in [0.25, 0.3) is 0 Å². The van der Waals surface area contributed by atoms with E-state index in [9.17, 15) is 14.0 Å². The summed E-state index contributed by atoms with van der Waals surface area (Å²) in [5.74, 6) is -1.35. The van der Waals surface area contributed by atoms with Crippen molar-refractivity contribution in [1.29, 1.82) is 0 Å². The summed E-state index contributed by atoms with van der Waals surface area (Å²) in [6.07, 6.45) is 1.92. The zero-order valence-electron chi connectivity index (χ0n) is 11.5. The Morgan fingerprint density at radius 2 is 2.19 bits per heavy atom. The average molecular weight is 295 g/mol. The monoisotopic (exact) mass is 295 g/mol. The molecule has 0 heterocycles. The number of benzene rings is 1. The van der Waals surface area contributed by atoms with Crippen molar-refractivity contribution < 1.29 is 23.8 Å². The molecule has 2 rings (SSSR count). The number of hydrogen-bond donors (Lipinski definition) is 2. The van der Waals surface area contributed by atoms with Gasteiger partial charge in [-0.3, -0.25) is 9.59 Å². The summed E-state index contributed by atoms with van der Waals surface area (Å²) in [6, 6.07) is 5.66. The summed E-state index contributed by atoms with van der Waals surface area (Å²) in [5.41, 5.74) is 0. The SMILES string of the molecule is O=C(CCOc1cccc(F)c1)NC1CCC(C(=O)O)C1. The van der Waals surface area contributed by atoms with E-state index in [1.54, 1.807) is 6.07 Å². The molecule has 1 aromatic carbocycles. The fourth-order valence-electron chi connectivity index (χ4n) is 2.46. The minimum Gasteiger partial charge on any atom is -0.493 e. The van der Waals surface area contributed by atoms with Crippen LogP contribution in [0.1, 0.15) is 25.7 Å². The van der Waals surface area contributed by atoms with E-state index in [4.69, 9.17) is 9.84 Å². The number of carbonyl (C=O) groups is 2. The van der Waals surface area contributed by atoms with E-state index >= 15 is 0 Å². The highest BCUT2D eigenvalue weighted by Crippen LogP contribution is 2.25. The van der Waals surface area contributed by atoms with Crippen LogP contribution >= 0.6 is 0 Å². The maximum Gasteiger partial charge on any atom is 0.306 e. The zero-order chi connectivity index (χ0) is 15.2. The lowest BCUT2D eigenvalue weighted by Gasteiger charge is -2.12. The first-order chi connectivity index (χ1) is 10.0.